The SMILES string of the molecule is CCC(C)c1ccccc1NC(=O)NCCOc1ccccc1. The number of para-hydroxylation sites is 2. The minimum atomic E-state index is -0.211. The Labute approximate surface area is 137 Å². The summed E-state index contributed by atoms with van der Waals surface area (Å²) in [6, 6.07) is 17.3. The summed E-state index contributed by atoms with van der Waals surface area (Å²) in [5, 5.41) is 5.73. The highest BCUT2D eigenvalue weighted by atomic mass is 16.5. The first-order valence-corrected chi connectivity index (χ1v) is 8.02. The predicted molar refractivity (Wildman–Crippen MR) is 94.1 cm³/mol. The molecule has 1 unspecified atom stereocenters. The molecule has 122 valence electrons. The van der Waals surface area contributed by atoms with Crippen LogP contribution in [0, 0.1) is 0 Å². The van der Waals surface area contributed by atoms with Crippen molar-refractivity contribution in [3.63, 3.8) is 0 Å². The van der Waals surface area contributed by atoms with Crippen LogP contribution in [0.25, 0.3) is 0 Å². The number of benzene rings is 2. The van der Waals surface area contributed by atoms with Crippen LogP contribution in [0.4, 0.5) is 10.5 Å². The third kappa shape index (κ3) is 5.33. The molecule has 2 N–H and O–H groups in total. The van der Waals surface area contributed by atoms with Crippen LogP contribution in [0.5, 0.6) is 5.75 Å². The number of rotatable bonds is 7. The minimum Gasteiger partial charge on any atom is -0.492 e. The van der Waals surface area contributed by atoms with Gasteiger partial charge in [-0.25, -0.2) is 4.79 Å². The smallest absolute Gasteiger partial charge is 0.319 e. The molecule has 0 spiro atoms. The van der Waals surface area contributed by atoms with Crippen molar-refractivity contribution in [2.75, 3.05) is 18.5 Å². The standard InChI is InChI=1S/C19H24N2O2/c1-3-15(2)17-11-7-8-12-18(17)21-19(22)20-13-14-23-16-9-5-4-6-10-16/h4-12,15H,3,13-14H2,1-2H3,(H2,20,21,22). The van der Waals surface area contributed by atoms with Gasteiger partial charge in [-0.05, 0) is 36.1 Å². The topological polar surface area (TPSA) is 50.4 Å². The first-order valence-electron chi connectivity index (χ1n) is 8.02. The summed E-state index contributed by atoms with van der Waals surface area (Å²) in [5.74, 6) is 1.21. The predicted octanol–water partition coefficient (Wildman–Crippen LogP) is 4.40. The second kappa shape index (κ2) is 8.83. The zero-order valence-electron chi connectivity index (χ0n) is 13.7. The summed E-state index contributed by atoms with van der Waals surface area (Å²) in [6.45, 7) is 5.19. The van der Waals surface area contributed by atoms with Crippen LogP contribution in [0.2, 0.25) is 0 Å². The quantitative estimate of drug-likeness (QED) is 0.744. The number of nitrogens with one attached hydrogen (secondary N) is 2. The zero-order valence-corrected chi connectivity index (χ0v) is 13.7. The maximum Gasteiger partial charge on any atom is 0.319 e. The molecule has 1 atom stereocenters. The van der Waals surface area contributed by atoms with Gasteiger partial charge in [-0.3, -0.25) is 0 Å². The number of hydrogen-bond donors (Lipinski definition) is 2. The maximum absolute atomic E-state index is 12.0. The molecule has 0 aliphatic heterocycles. The number of amides is 2. The number of hydrogen-bond acceptors (Lipinski definition) is 2. The van der Waals surface area contributed by atoms with E-state index in [0.717, 1.165) is 23.4 Å². The van der Waals surface area contributed by atoms with Gasteiger partial charge in [0.15, 0.2) is 0 Å². The Morgan fingerprint density at radius 1 is 1.09 bits per heavy atom. The Hall–Kier alpha value is -2.49. The maximum atomic E-state index is 12.0. The molecule has 2 amide bonds. The van der Waals surface area contributed by atoms with E-state index in [-0.39, 0.29) is 6.03 Å². The molecule has 2 aromatic rings. The van der Waals surface area contributed by atoms with E-state index in [1.165, 1.54) is 0 Å². The lowest BCUT2D eigenvalue weighted by atomic mass is 9.97. The summed E-state index contributed by atoms with van der Waals surface area (Å²) in [5.41, 5.74) is 2.02. The van der Waals surface area contributed by atoms with E-state index in [1.807, 2.05) is 48.5 Å². The lowest BCUT2D eigenvalue weighted by molar-refractivity contribution is 0.247. The van der Waals surface area contributed by atoms with Crippen molar-refractivity contribution in [1.29, 1.82) is 0 Å². The molecule has 2 rings (SSSR count). The second-order valence-electron chi connectivity index (χ2n) is 5.44. The van der Waals surface area contributed by atoms with E-state index >= 15 is 0 Å². The number of urea groups is 1. The number of ether oxygens (including phenoxy) is 1. The summed E-state index contributed by atoms with van der Waals surface area (Å²) >= 11 is 0. The number of anilines is 1. The summed E-state index contributed by atoms with van der Waals surface area (Å²) in [6.07, 6.45) is 1.03. The van der Waals surface area contributed by atoms with E-state index in [4.69, 9.17) is 4.74 Å². The summed E-state index contributed by atoms with van der Waals surface area (Å²) < 4.78 is 5.54. The molecule has 0 radical (unpaired) electrons. The van der Waals surface area contributed by atoms with E-state index in [9.17, 15) is 4.79 Å². The largest absolute Gasteiger partial charge is 0.492 e. The van der Waals surface area contributed by atoms with Gasteiger partial charge >= 0.3 is 6.03 Å². The highest BCUT2D eigenvalue weighted by Gasteiger charge is 2.10. The third-order valence-corrected chi connectivity index (χ3v) is 3.75. The average Bonchev–Trinajstić information content (AvgIpc) is 2.59. The molecule has 0 aliphatic carbocycles. The van der Waals surface area contributed by atoms with Crippen LogP contribution in [-0.2, 0) is 0 Å². The van der Waals surface area contributed by atoms with E-state index < -0.39 is 0 Å². The van der Waals surface area contributed by atoms with Crippen LogP contribution in [-0.4, -0.2) is 19.2 Å². The van der Waals surface area contributed by atoms with Crippen molar-refractivity contribution < 1.29 is 9.53 Å². The van der Waals surface area contributed by atoms with Crippen molar-refractivity contribution in [2.24, 2.45) is 0 Å². The van der Waals surface area contributed by atoms with Gasteiger partial charge in [0.2, 0.25) is 0 Å². The molecule has 0 heterocycles. The lowest BCUT2D eigenvalue weighted by Crippen LogP contribution is -2.32. The Balaban J connectivity index is 1.79. The first-order chi connectivity index (χ1) is 11.2. The van der Waals surface area contributed by atoms with Crippen LogP contribution in [0.3, 0.4) is 0 Å². The van der Waals surface area contributed by atoms with E-state index in [2.05, 4.69) is 30.5 Å². The fraction of sp³-hybridized carbons (Fsp3) is 0.316. The van der Waals surface area contributed by atoms with Gasteiger partial charge in [0.05, 0.1) is 6.54 Å². The molecule has 4 heteroatoms. The molecule has 0 fully saturated rings. The number of carbonyl (C=O) groups is 1. The third-order valence-electron chi connectivity index (χ3n) is 3.75. The highest BCUT2D eigenvalue weighted by molar-refractivity contribution is 5.90. The molecule has 2 aromatic carbocycles. The van der Waals surface area contributed by atoms with Crippen LogP contribution < -0.4 is 15.4 Å². The summed E-state index contributed by atoms with van der Waals surface area (Å²) in [7, 11) is 0. The molecule has 0 saturated heterocycles. The van der Waals surface area contributed by atoms with Crippen molar-refractivity contribution in [1.82, 2.24) is 5.32 Å². The average molecular weight is 312 g/mol. The molecule has 0 aliphatic rings. The van der Waals surface area contributed by atoms with Crippen molar-refractivity contribution in [2.45, 2.75) is 26.2 Å². The lowest BCUT2D eigenvalue weighted by Gasteiger charge is -2.16. The van der Waals surface area contributed by atoms with E-state index in [0.29, 0.717) is 19.1 Å². The zero-order chi connectivity index (χ0) is 16.5. The molecule has 4 nitrogen and oxygen atoms in total. The van der Waals surface area contributed by atoms with Gasteiger partial charge in [-0.2, -0.15) is 0 Å². The fourth-order valence-corrected chi connectivity index (χ4v) is 2.28. The van der Waals surface area contributed by atoms with E-state index in [1.54, 1.807) is 0 Å². The van der Waals surface area contributed by atoms with Gasteiger partial charge in [0.1, 0.15) is 12.4 Å². The van der Waals surface area contributed by atoms with Gasteiger partial charge in [0.25, 0.3) is 0 Å². The van der Waals surface area contributed by atoms with Gasteiger partial charge < -0.3 is 15.4 Å². The second-order valence-corrected chi connectivity index (χ2v) is 5.44. The number of carbonyl (C=O) groups excluding carboxylic acids is 1. The molecular weight excluding hydrogens is 288 g/mol. The monoisotopic (exact) mass is 312 g/mol. The Bertz CT molecular complexity index is 614. The van der Waals surface area contributed by atoms with Crippen LogP contribution in [0.1, 0.15) is 31.7 Å². The van der Waals surface area contributed by atoms with Gasteiger partial charge in [-0.1, -0.05) is 50.2 Å². The fourth-order valence-electron chi connectivity index (χ4n) is 2.28. The minimum absolute atomic E-state index is 0.211. The van der Waals surface area contributed by atoms with Crippen molar-refractivity contribution >= 4 is 11.7 Å². The van der Waals surface area contributed by atoms with Crippen molar-refractivity contribution in [3.8, 4) is 5.75 Å². The molecule has 0 saturated carbocycles. The normalized spacial score (nSPS) is 11.6. The Morgan fingerprint density at radius 2 is 1.78 bits per heavy atom. The first kappa shape index (κ1) is 16.9. The van der Waals surface area contributed by atoms with Crippen LogP contribution in [0.15, 0.2) is 54.6 Å². The molecular formula is C19H24N2O2. The Kier molecular flexibility index (Phi) is 6.48. The molecule has 23 heavy (non-hydrogen) atoms. The highest BCUT2D eigenvalue weighted by Crippen LogP contribution is 2.26. The van der Waals surface area contributed by atoms with Crippen molar-refractivity contribution in [3.05, 3.63) is 60.2 Å². The van der Waals surface area contributed by atoms with Gasteiger partial charge in [0, 0.05) is 5.69 Å². The molecule has 0 aromatic heterocycles. The van der Waals surface area contributed by atoms with Gasteiger partial charge in [-0.15, -0.1) is 0 Å². The Morgan fingerprint density at radius 3 is 2.52 bits per heavy atom. The molecule has 0 bridgehead atoms. The van der Waals surface area contributed by atoms with Crippen LogP contribution >= 0.6 is 0 Å². The summed E-state index contributed by atoms with van der Waals surface area (Å²) in [4.78, 5) is 12.0.